The van der Waals surface area contributed by atoms with Crippen molar-refractivity contribution in [1.82, 2.24) is 10.5 Å². The first-order valence-electron chi connectivity index (χ1n) is 4.10. The van der Waals surface area contributed by atoms with Crippen LogP contribution in [-0.4, -0.2) is 36.6 Å². The highest BCUT2D eigenvalue weighted by Crippen LogP contribution is 1.92. The maximum atomic E-state index is 9.25. The first kappa shape index (κ1) is 10.2. The van der Waals surface area contributed by atoms with E-state index in [9.17, 15) is 5.11 Å². The highest BCUT2D eigenvalue weighted by atomic mass is 16.5. The molecule has 2 N–H and O–H groups in total. The van der Waals surface area contributed by atoms with Crippen molar-refractivity contribution in [3.8, 4) is 0 Å². The minimum Gasteiger partial charge on any atom is -0.389 e. The monoisotopic (exact) mass is 186 g/mol. The molecule has 5 heteroatoms. The molecule has 0 saturated carbocycles. The number of hydrogen-bond donors (Lipinski definition) is 2. The van der Waals surface area contributed by atoms with Crippen LogP contribution in [0, 0.1) is 0 Å². The predicted octanol–water partition coefficient (Wildman–Crippen LogP) is -0.229. The zero-order valence-corrected chi connectivity index (χ0v) is 7.56. The van der Waals surface area contributed by atoms with Gasteiger partial charge in [0.1, 0.15) is 6.26 Å². The number of rotatable bonds is 6. The lowest BCUT2D eigenvalue weighted by Crippen LogP contribution is -2.29. The maximum absolute atomic E-state index is 9.25. The van der Waals surface area contributed by atoms with Crippen LogP contribution in [0.4, 0.5) is 0 Å². The molecule has 0 saturated heterocycles. The molecule has 0 amide bonds. The molecule has 0 spiro atoms. The van der Waals surface area contributed by atoms with E-state index >= 15 is 0 Å². The van der Waals surface area contributed by atoms with Gasteiger partial charge in [-0.1, -0.05) is 5.16 Å². The van der Waals surface area contributed by atoms with Gasteiger partial charge in [-0.15, -0.1) is 0 Å². The third kappa shape index (κ3) is 4.02. The van der Waals surface area contributed by atoms with Gasteiger partial charge in [0.05, 0.1) is 18.4 Å². The second kappa shape index (κ2) is 5.69. The van der Waals surface area contributed by atoms with Crippen LogP contribution in [-0.2, 0) is 11.3 Å². The van der Waals surface area contributed by atoms with E-state index in [1.807, 2.05) is 0 Å². The minimum atomic E-state index is -0.475. The number of aromatic nitrogens is 1. The number of aliphatic hydroxyl groups is 1. The van der Waals surface area contributed by atoms with E-state index in [-0.39, 0.29) is 0 Å². The van der Waals surface area contributed by atoms with Crippen LogP contribution in [0.15, 0.2) is 16.9 Å². The lowest BCUT2D eigenvalue weighted by Gasteiger charge is -2.08. The molecule has 13 heavy (non-hydrogen) atoms. The maximum Gasteiger partial charge on any atom is 0.124 e. The molecular formula is C8H14N2O3. The average molecular weight is 186 g/mol. The Morgan fingerprint density at radius 2 is 2.62 bits per heavy atom. The van der Waals surface area contributed by atoms with Gasteiger partial charge >= 0.3 is 0 Å². The fourth-order valence-electron chi connectivity index (χ4n) is 0.947. The normalized spacial score (nSPS) is 13.1. The molecule has 1 aromatic heterocycles. The Morgan fingerprint density at radius 3 is 3.23 bits per heavy atom. The smallest absolute Gasteiger partial charge is 0.124 e. The van der Waals surface area contributed by atoms with Crippen molar-refractivity contribution in [1.29, 1.82) is 0 Å². The molecule has 1 aromatic rings. The van der Waals surface area contributed by atoms with Crippen LogP contribution in [0.2, 0.25) is 0 Å². The summed E-state index contributed by atoms with van der Waals surface area (Å²) in [5.74, 6) is 0. The van der Waals surface area contributed by atoms with Crippen LogP contribution in [0.3, 0.4) is 0 Å². The number of hydrogen-bond acceptors (Lipinski definition) is 5. The topological polar surface area (TPSA) is 67.5 Å². The minimum absolute atomic E-state index is 0.339. The van der Waals surface area contributed by atoms with E-state index in [1.54, 1.807) is 13.2 Å². The second-order valence-corrected chi connectivity index (χ2v) is 2.73. The van der Waals surface area contributed by atoms with Gasteiger partial charge in [-0.25, -0.2) is 0 Å². The Morgan fingerprint density at radius 1 is 1.77 bits per heavy atom. The van der Waals surface area contributed by atoms with Crippen molar-refractivity contribution in [2.24, 2.45) is 0 Å². The Kier molecular flexibility index (Phi) is 4.45. The van der Waals surface area contributed by atoms with Crippen molar-refractivity contribution in [2.45, 2.75) is 12.6 Å². The first-order chi connectivity index (χ1) is 6.33. The molecule has 0 fully saturated rings. The number of methoxy groups -OCH3 is 1. The average Bonchev–Trinajstić information content (AvgIpc) is 2.57. The van der Waals surface area contributed by atoms with Crippen molar-refractivity contribution in [2.75, 3.05) is 20.3 Å². The lowest BCUT2D eigenvalue weighted by atomic mass is 10.3. The summed E-state index contributed by atoms with van der Waals surface area (Å²) in [6.45, 7) is 1.42. The molecule has 1 atom stereocenters. The number of ether oxygens (including phenoxy) is 1. The lowest BCUT2D eigenvalue weighted by molar-refractivity contribution is 0.0643. The zero-order valence-electron chi connectivity index (χ0n) is 7.56. The fraction of sp³-hybridized carbons (Fsp3) is 0.625. The molecule has 1 unspecified atom stereocenters. The quantitative estimate of drug-likeness (QED) is 0.642. The van der Waals surface area contributed by atoms with Crippen LogP contribution in [0.5, 0.6) is 0 Å². The summed E-state index contributed by atoms with van der Waals surface area (Å²) >= 11 is 0. The Labute approximate surface area is 76.7 Å². The summed E-state index contributed by atoms with van der Waals surface area (Å²) < 4.78 is 9.41. The third-order valence-electron chi connectivity index (χ3n) is 1.54. The van der Waals surface area contributed by atoms with E-state index < -0.39 is 6.10 Å². The molecule has 1 rings (SSSR count). The van der Waals surface area contributed by atoms with E-state index in [0.29, 0.717) is 19.7 Å². The summed E-state index contributed by atoms with van der Waals surface area (Å²) in [6, 6.07) is 1.77. The van der Waals surface area contributed by atoms with Crippen molar-refractivity contribution in [3.05, 3.63) is 18.0 Å². The van der Waals surface area contributed by atoms with Crippen molar-refractivity contribution >= 4 is 0 Å². The third-order valence-corrected chi connectivity index (χ3v) is 1.54. The molecule has 0 aromatic carbocycles. The summed E-state index contributed by atoms with van der Waals surface area (Å²) in [6.07, 6.45) is 1.04. The Hall–Kier alpha value is -0.910. The molecule has 0 aliphatic heterocycles. The molecule has 1 heterocycles. The van der Waals surface area contributed by atoms with E-state index in [0.717, 1.165) is 5.69 Å². The predicted molar refractivity (Wildman–Crippen MR) is 46.1 cm³/mol. The Bertz CT molecular complexity index is 213. The molecular weight excluding hydrogens is 172 g/mol. The SMILES string of the molecule is COCC(O)CNCc1ccon1. The highest BCUT2D eigenvalue weighted by Gasteiger charge is 2.02. The molecule has 74 valence electrons. The van der Waals surface area contributed by atoms with E-state index in [4.69, 9.17) is 4.74 Å². The standard InChI is InChI=1S/C8H14N2O3/c1-12-6-8(11)5-9-4-7-2-3-13-10-7/h2-3,8-9,11H,4-6H2,1H3. The number of nitrogens with one attached hydrogen (secondary N) is 1. The van der Waals surface area contributed by atoms with Gasteiger partial charge in [0.25, 0.3) is 0 Å². The highest BCUT2D eigenvalue weighted by molar-refractivity contribution is 4.94. The van der Waals surface area contributed by atoms with Crippen LogP contribution >= 0.6 is 0 Å². The van der Waals surface area contributed by atoms with Gasteiger partial charge in [-0.3, -0.25) is 0 Å². The van der Waals surface area contributed by atoms with Gasteiger partial charge in [0.2, 0.25) is 0 Å². The second-order valence-electron chi connectivity index (χ2n) is 2.73. The summed E-state index contributed by atoms with van der Waals surface area (Å²) in [5.41, 5.74) is 0.824. The number of aliphatic hydroxyl groups excluding tert-OH is 1. The van der Waals surface area contributed by atoms with Gasteiger partial charge in [-0.2, -0.15) is 0 Å². The first-order valence-corrected chi connectivity index (χ1v) is 4.10. The zero-order chi connectivity index (χ0) is 9.52. The van der Waals surface area contributed by atoms with Gasteiger partial charge < -0.3 is 19.7 Å². The van der Waals surface area contributed by atoms with Crippen LogP contribution in [0.1, 0.15) is 5.69 Å². The molecule has 0 aliphatic carbocycles. The molecule has 0 radical (unpaired) electrons. The molecule has 0 aliphatic rings. The van der Waals surface area contributed by atoms with Crippen molar-refractivity contribution in [3.63, 3.8) is 0 Å². The molecule has 5 nitrogen and oxygen atoms in total. The summed E-state index contributed by atoms with van der Waals surface area (Å²) in [4.78, 5) is 0. The van der Waals surface area contributed by atoms with E-state index in [1.165, 1.54) is 6.26 Å². The van der Waals surface area contributed by atoms with Crippen molar-refractivity contribution < 1.29 is 14.4 Å². The largest absolute Gasteiger partial charge is 0.389 e. The van der Waals surface area contributed by atoms with Gasteiger partial charge in [-0.05, 0) is 0 Å². The van der Waals surface area contributed by atoms with Gasteiger partial charge in [0.15, 0.2) is 0 Å². The summed E-state index contributed by atoms with van der Waals surface area (Å²) in [5, 5.41) is 16.0. The molecule has 0 bridgehead atoms. The van der Waals surface area contributed by atoms with Crippen LogP contribution < -0.4 is 5.32 Å². The summed E-state index contributed by atoms with van der Waals surface area (Å²) in [7, 11) is 1.56. The van der Waals surface area contributed by atoms with Gasteiger partial charge in [0, 0.05) is 26.3 Å². The van der Waals surface area contributed by atoms with Crippen LogP contribution in [0.25, 0.3) is 0 Å². The number of nitrogens with zero attached hydrogens (tertiary/aromatic N) is 1. The van der Waals surface area contributed by atoms with E-state index in [2.05, 4.69) is 15.0 Å². The fourth-order valence-corrected chi connectivity index (χ4v) is 0.947. The Balaban J connectivity index is 2.07.